The minimum absolute atomic E-state index is 0.0146. The van der Waals surface area contributed by atoms with Crippen LogP contribution in [0.5, 0.6) is 0 Å². The highest BCUT2D eigenvalue weighted by Gasteiger charge is 2.24. The first-order valence-corrected chi connectivity index (χ1v) is 9.31. The topological polar surface area (TPSA) is 66.4 Å². The second-order valence-corrected chi connectivity index (χ2v) is 7.02. The molecule has 30 heavy (non-hydrogen) atoms. The van der Waals surface area contributed by atoms with Crippen LogP contribution >= 0.6 is 0 Å². The molecule has 6 heteroatoms. The number of amides is 1. The van der Waals surface area contributed by atoms with Crippen molar-refractivity contribution in [1.29, 1.82) is 0 Å². The Kier molecular flexibility index (Phi) is 5.14. The number of carboxylic acids is 1. The molecular weight excluding hydrogens is 388 g/mol. The fourth-order valence-corrected chi connectivity index (χ4v) is 3.66. The highest BCUT2D eigenvalue weighted by molar-refractivity contribution is 6.03. The number of carbonyl (C=O) groups is 2. The highest BCUT2D eigenvalue weighted by atomic mass is 19.1. The predicted octanol–water partition coefficient (Wildman–Crippen LogP) is 4.70. The van der Waals surface area contributed by atoms with Crippen molar-refractivity contribution in [2.24, 2.45) is 0 Å². The number of hydrogen-bond donors (Lipinski definition) is 2. The molecule has 0 bridgehead atoms. The zero-order valence-corrected chi connectivity index (χ0v) is 15.7. The molecule has 4 nitrogen and oxygen atoms in total. The van der Waals surface area contributed by atoms with E-state index in [1.807, 2.05) is 54.6 Å². The summed E-state index contributed by atoms with van der Waals surface area (Å²) in [5.74, 6) is -3.92. The highest BCUT2D eigenvalue weighted by Crippen LogP contribution is 2.29. The first kappa shape index (κ1) is 19.5. The zero-order valence-electron chi connectivity index (χ0n) is 15.7. The molecule has 0 aliphatic heterocycles. The molecule has 0 fully saturated rings. The third kappa shape index (κ3) is 3.85. The summed E-state index contributed by atoms with van der Waals surface area (Å²) in [7, 11) is 0. The molecule has 0 spiro atoms. The molecule has 0 aromatic heterocycles. The van der Waals surface area contributed by atoms with E-state index in [0.29, 0.717) is 6.07 Å². The van der Waals surface area contributed by atoms with E-state index in [4.69, 9.17) is 0 Å². The Morgan fingerprint density at radius 1 is 0.833 bits per heavy atom. The Labute approximate surface area is 170 Å². The van der Waals surface area contributed by atoms with E-state index in [9.17, 15) is 23.5 Å². The summed E-state index contributed by atoms with van der Waals surface area (Å²) in [5, 5.41) is 15.8. The lowest BCUT2D eigenvalue weighted by molar-refractivity contribution is -0.139. The van der Waals surface area contributed by atoms with Crippen LogP contribution in [0.15, 0.2) is 72.8 Å². The quantitative estimate of drug-likeness (QED) is 0.473. The lowest BCUT2D eigenvalue weighted by Gasteiger charge is -2.18. The number of carbonyl (C=O) groups excluding carboxylic acids is 1. The second-order valence-electron chi connectivity index (χ2n) is 7.02. The van der Waals surface area contributed by atoms with Gasteiger partial charge in [-0.25, -0.2) is 13.6 Å². The van der Waals surface area contributed by atoms with Crippen LogP contribution in [0.2, 0.25) is 0 Å². The van der Waals surface area contributed by atoms with Gasteiger partial charge < -0.3 is 10.4 Å². The molecule has 0 unspecified atom stereocenters. The number of rotatable bonds is 5. The van der Waals surface area contributed by atoms with Gasteiger partial charge in [0.2, 0.25) is 0 Å². The van der Waals surface area contributed by atoms with Crippen molar-refractivity contribution >= 4 is 33.4 Å². The van der Waals surface area contributed by atoms with Crippen molar-refractivity contribution in [2.75, 3.05) is 0 Å². The maximum atomic E-state index is 13.4. The smallest absolute Gasteiger partial charge is 0.326 e. The average Bonchev–Trinajstić information content (AvgIpc) is 2.72. The van der Waals surface area contributed by atoms with Crippen LogP contribution in [0.3, 0.4) is 0 Å². The maximum absolute atomic E-state index is 13.4. The first-order chi connectivity index (χ1) is 14.4. The molecule has 0 radical (unpaired) electrons. The summed E-state index contributed by atoms with van der Waals surface area (Å²) in [6, 6.07) is 18.3. The molecule has 2 N–H and O–H groups in total. The molecule has 4 aromatic carbocycles. The Morgan fingerprint density at radius 3 is 1.90 bits per heavy atom. The van der Waals surface area contributed by atoms with Crippen molar-refractivity contribution in [3.63, 3.8) is 0 Å². The third-order valence-corrected chi connectivity index (χ3v) is 5.02. The molecule has 0 heterocycles. The molecule has 4 rings (SSSR count). The lowest BCUT2D eigenvalue weighted by atomic mass is 9.92. The lowest BCUT2D eigenvalue weighted by Crippen LogP contribution is -2.42. The Balaban J connectivity index is 1.73. The number of nitrogens with one attached hydrogen (secondary N) is 1. The van der Waals surface area contributed by atoms with E-state index in [1.54, 1.807) is 0 Å². The van der Waals surface area contributed by atoms with Gasteiger partial charge in [0, 0.05) is 18.1 Å². The monoisotopic (exact) mass is 405 g/mol. The fourth-order valence-electron chi connectivity index (χ4n) is 3.66. The number of benzene rings is 4. The van der Waals surface area contributed by atoms with Gasteiger partial charge in [-0.1, -0.05) is 48.5 Å². The van der Waals surface area contributed by atoms with Gasteiger partial charge in [0.15, 0.2) is 0 Å². The van der Waals surface area contributed by atoms with Crippen LogP contribution in [0.1, 0.15) is 15.9 Å². The first-order valence-electron chi connectivity index (χ1n) is 9.31. The zero-order chi connectivity index (χ0) is 21.3. The number of carboxylic acid groups (broad SMARTS) is 1. The summed E-state index contributed by atoms with van der Waals surface area (Å²) in [6.07, 6.45) is 0.0146. The normalized spacial score (nSPS) is 12.1. The van der Waals surface area contributed by atoms with Crippen LogP contribution in [0.4, 0.5) is 8.78 Å². The molecular formula is C24H17F2NO3. The van der Waals surface area contributed by atoms with Crippen LogP contribution in [-0.4, -0.2) is 23.0 Å². The molecule has 1 amide bonds. The van der Waals surface area contributed by atoms with Gasteiger partial charge in [0.05, 0.1) is 0 Å². The van der Waals surface area contributed by atoms with Crippen molar-refractivity contribution in [1.82, 2.24) is 5.32 Å². The molecule has 0 saturated heterocycles. The van der Waals surface area contributed by atoms with Crippen molar-refractivity contribution in [2.45, 2.75) is 12.5 Å². The van der Waals surface area contributed by atoms with Gasteiger partial charge >= 0.3 is 5.97 Å². The average molecular weight is 405 g/mol. The molecule has 1 atom stereocenters. The number of aliphatic carboxylic acids is 1. The summed E-state index contributed by atoms with van der Waals surface area (Å²) < 4.78 is 26.9. The predicted molar refractivity (Wildman–Crippen MR) is 110 cm³/mol. The van der Waals surface area contributed by atoms with Crippen molar-refractivity contribution in [3.05, 3.63) is 95.6 Å². The minimum Gasteiger partial charge on any atom is -0.480 e. The van der Waals surface area contributed by atoms with E-state index in [0.717, 1.165) is 39.2 Å². The standard InChI is InChI=1S/C24H17F2NO3/c25-17-10-16(11-18(26)12-17)23(28)27-22(24(29)30)13-21-19-7-3-1-5-14(19)9-15-6-2-4-8-20(15)21/h1-12,22H,13H2,(H,27,28)(H,29,30)/t22-/m0/s1. The maximum Gasteiger partial charge on any atom is 0.326 e. The third-order valence-electron chi connectivity index (χ3n) is 5.02. The van der Waals surface area contributed by atoms with Crippen LogP contribution in [0, 0.1) is 11.6 Å². The molecule has 0 aliphatic rings. The number of fused-ring (bicyclic) bond motifs is 2. The van der Waals surface area contributed by atoms with Crippen molar-refractivity contribution in [3.8, 4) is 0 Å². The van der Waals surface area contributed by atoms with Crippen molar-refractivity contribution < 1.29 is 23.5 Å². The van der Waals surface area contributed by atoms with Crippen LogP contribution < -0.4 is 5.32 Å². The molecule has 0 saturated carbocycles. The Morgan fingerprint density at radius 2 is 1.37 bits per heavy atom. The minimum atomic E-state index is -1.28. The van der Waals surface area contributed by atoms with E-state index >= 15 is 0 Å². The summed E-state index contributed by atoms with van der Waals surface area (Å²) >= 11 is 0. The van der Waals surface area contributed by atoms with Crippen LogP contribution in [-0.2, 0) is 11.2 Å². The van der Waals surface area contributed by atoms with Gasteiger partial charge in [-0.2, -0.15) is 0 Å². The van der Waals surface area contributed by atoms with Gasteiger partial charge in [-0.05, 0) is 45.3 Å². The number of hydrogen-bond acceptors (Lipinski definition) is 2. The fraction of sp³-hybridized carbons (Fsp3) is 0.0833. The number of halogens is 2. The SMILES string of the molecule is O=C(N[C@@H](Cc1c2ccccc2cc2ccccc12)C(=O)O)c1cc(F)cc(F)c1. The van der Waals surface area contributed by atoms with E-state index in [2.05, 4.69) is 5.32 Å². The van der Waals surface area contributed by atoms with Gasteiger partial charge in [-0.15, -0.1) is 0 Å². The van der Waals surface area contributed by atoms with Gasteiger partial charge in [0.1, 0.15) is 17.7 Å². The second kappa shape index (κ2) is 7.91. The van der Waals surface area contributed by atoms with Gasteiger partial charge in [0.25, 0.3) is 5.91 Å². The van der Waals surface area contributed by atoms with Gasteiger partial charge in [-0.3, -0.25) is 4.79 Å². The molecule has 150 valence electrons. The largest absolute Gasteiger partial charge is 0.480 e. The summed E-state index contributed by atoms with van der Waals surface area (Å²) in [6.45, 7) is 0. The molecule has 0 aliphatic carbocycles. The summed E-state index contributed by atoms with van der Waals surface area (Å²) in [4.78, 5) is 24.4. The van der Waals surface area contributed by atoms with E-state index in [1.165, 1.54) is 0 Å². The Hall–Kier alpha value is -3.80. The van der Waals surface area contributed by atoms with E-state index in [-0.39, 0.29) is 12.0 Å². The van der Waals surface area contributed by atoms with Crippen LogP contribution in [0.25, 0.3) is 21.5 Å². The van der Waals surface area contributed by atoms with E-state index < -0.39 is 29.6 Å². The molecule has 4 aromatic rings. The Bertz CT molecular complexity index is 1210. The summed E-state index contributed by atoms with van der Waals surface area (Å²) in [5.41, 5.74) is 0.503.